The third-order valence-electron chi connectivity index (χ3n) is 4.63. The number of hydrogen-bond donors (Lipinski definition) is 3. The first-order valence-electron chi connectivity index (χ1n) is 8.88. The predicted octanol–water partition coefficient (Wildman–Crippen LogP) is 3.10. The second-order valence-electron chi connectivity index (χ2n) is 6.52. The molecule has 0 radical (unpaired) electrons. The Morgan fingerprint density at radius 1 is 1.33 bits per heavy atom. The average molecular weight is 387 g/mol. The van der Waals surface area contributed by atoms with Crippen molar-refractivity contribution in [2.75, 3.05) is 18.4 Å². The van der Waals surface area contributed by atoms with Gasteiger partial charge in [-0.2, -0.15) is 0 Å². The first-order valence-corrected chi connectivity index (χ1v) is 9.25. The van der Waals surface area contributed by atoms with Gasteiger partial charge in [-0.3, -0.25) is 15.1 Å². The smallest absolute Gasteiger partial charge is 0.241 e. The van der Waals surface area contributed by atoms with E-state index in [9.17, 15) is 4.79 Å². The number of ether oxygens (including phenoxy) is 1. The first-order chi connectivity index (χ1) is 13.0. The molecule has 4 N–H and O–H groups in total. The molecule has 1 aliphatic heterocycles. The van der Waals surface area contributed by atoms with Crippen LogP contribution in [0.25, 0.3) is 0 Å². The lowest BCUT2D eigenvalue weighted by atomic mass is 10.1. The number of halogens is 1. The van der Waals surface area contributed by atoms with E-state index in [2.05, 4.69) is 10.2 Å². The van der Waals surface area contributed by atoms with E-state index < -0.39 is 0 Å². The molecule has 1 heterocycles. The summed E-state index contributed by atoms with van der Waals surface area (Å²) in [7, 11) is 0. The van der Waals surface area contributed by atoms with Crippen LogP contribution in [0.15, 0.2) is 48.5 Å². The minimum atomic E-state index is -0.258. The number of amides is 1. The number of hydrogen-bond acceptors (Lipinski definition) is 4. The lowest BCUT2D eigenvalue weighted by Crippen LogP contribution is -2.39. The molecule has 2 atom stereocenters. The van der Waals surface area contributed by atoms with Gasteiger partial charge in [-0.1, -0.05) is 30.7 Å². The summed E-state index contributed by atoms with van der Waals surface area (Å²) in [6.07, 6.45) is 0.491. The summed E-state index contributed by atoms with van der Waals surface area (Å²) in [5, 5.41) is 11.1. The normalized spacial score (nSPS) is 19.6. The predicted molar refractivity (Wildman–Crippen MR) is 108 cm³/mol. The number of likely N-dealkylation sites (tertiary alicyclic amines) is 1. The van der Waals surface area contributed by atoms with Crippen molar-refractivity contribution in [3.63, 3.8) is 0 Å². The van der Waals surface area contributed by atoms with Gasteiger partial charge in [-0.25, -0.2) is 0 Å². The summed E-state index contributed by atoms with van der Waals surface area (Å²) in [5.74, 6) is 0.604. The third kappa shape index (κ3) is 4.78. The van der Waals surface area contributed by atoms with Crippen LogP contribution in [0.3, 0.4) is 0 Å². The molecule has 0 unspecified atom stereocenters. The van der Waals surface area contributed by atoms with Crippen LogP contribution >= 0.6 is 11.6 Å². The molecule has 0 aliphatic carbocycles. The maximum atomic E-state index is 12.7. The molecule has 0 spiro atoms. The van der Waals surface area contributed by atoms with Gasteiger partial charge in [0.25, 0.3) is 0 Å². The van der Waals surface area contributed by atoms with E-state index >= 15 is 0 Å². The zero-order chi connectivity index (χ0) is 19.4. The van der Waals surface area contributed by atoms with E-state index in [1.165, 1.54) is 0 Å². The fourth-order valence-electron chi connectivity index (χ4n) is 3.26. The number of nitrogens with two attached hydrogens (primary N) is 1. The summed E-state index contributed by atoms with van der Waals surface area (Å²) in [5.41, 5.74) is 6.88. The Morgan fingerprint density at radius 2 is 2.07 bits per heavy atom. The van der Waals surface area contributed by atoms with Gasteiger partial charge in [0.1, 0.15) is 17.7 Å². The van der Waals surface area contributed by atoms with Gasteiger partial charge in [0.2, 0.25) is 5.91 Å². The molecule has 1 saturated heterocycles. The monoisotopic (exact) mass is 386 g/mol. The van der Waals surface area contributed by atoms with Gasteiger partial charge < -0.3 is 15.8 Å². The molecule has 1 aliphatic rings. The lowest BCUT2D eigenvalue weighted by molar-refractivity contribution is -0.120. The Bertz CT molecular complexity index is 825. The van der Waals surface area contributed by atoms with Crippen LogP contribution in [0.4, 0.5) is 5.69 Å². The van der Waals surface area contributed by atoms with Crippen LogP contribution in [-0.2, 0) is 4.79 Å². The van der Waals surface area contributed by atoms with Crippen molar-refractivity contribution >= 4 is 29.0 Å². The van der Waals surface area contributed by atoms with E-state index in [0.29, 0.717) is 29.3 Å². The maximum Gasteiger partial charge on any atom is 0.241 e. The first kappa shape index (κ1) is 19.2. The zero-order valence-electron chi connectivity index (χ0n) is 15.1. The van der Waals surface area contributed by atoms with Gasteiger partial charge in [-0.15, -0.1) is 0 Å². The van der Waals surface area contributed by atoms with Gasteiger partial charge >= 0.3 is 0 Å². The maximum absolute atomic E-state index is 12.7. The molecule has 142 valence electrons. The zero-order valence-corrected chi connectivity index (χ0v) is 15.9. The number of benzene rings is 2. The third-order valence-corrected chi connectivity index (χ3v) is 4.89. The molecule has 2 aromatic carbocycles. The van der Waals surface area contributed by atoms with E-state index in [0.717, 1.165) is 12.2 Å². The summed E-state index contributed by atoms with van der Waals surface area (Å²) in [6, 6.07) is 14.0. The topological polar surface area (TPSA) is 91.4 Å². The standard InChI is InChI=1S/C20H23ClN4O2/c1-2-25-12-17(27-16-5-3-4-13(10-16)19(22)23)11-18(25)20(26)24-15-8-6-14(21)7-9-15/h3-10,17-18H,2,11-12H2,1H3,(H3,22,23)(H,24,26)/t17-,18+/m1/s1. The molecule has 0 aromatic heterocycles. The number of rotatable bonds is 6. The molecule has 27 heavy (non-hydrogen) atoms. The second-order valence-corrected chi connectivity index (χ2v) is 6.95. The lowest BCUT2D eigenvalue weighted by Gasteiger charge is -2.21. The van der Waals surface area contributed by atoms with Crippen molar-refractivity contribution in [3.8, 4) is 5.75 Å². The molecular weight excluding hydrogens is 364 g/mol. The molecule has 7 heteroatoms. The Morgan fingerprint density at radius 3 is 2.74 bits per heavy atom. The van der Waals surface area contributed by atoms with Gasteiger partial charge in [0.05, 0.1) is 6.04 Å². The number of anilines is 1. The number of likely N-dealkylation sites (N-methyl/N-ethyl adjacent to an activating group) is 1. The highest BCUT2D eigenvalue weighted by molar-refractivity contribution is 6.30. The Balaban J connectivity index is 1.65. The summed E-state index contributed by atoms with van der Waals surface area (Å²) in [6.45, 7) is 3.45. The highest BCUT2D eigenvalue weighted by Crippen LogP contribution is 2.25. The molecule has 3 rings (SSSR count). The van der Waals surface area contributed by atoms with Crippen molar-refractivity contribution in [1.29, 1.82) is 5.41 Å². The van der Waals surface area contributed by atoms with Crippen molar-refractivity contribution in [3.05, 3.63) is 59.1 Å². The van der Waals surface area contributed by atoms with Crippen molar-refractivity contribution in [2.24, 2.45) is 5.73 Å². The molecule has 0 bridgehead atoms. The van der Waals surface area contributed by atoms with Crippen molar-refractivity contribution < 1.29 is 9.53 Å². The number of nitrogen functional groups attached to an aromatic ring is 1. The number of nitrogens with zero attached hydrogens (tertiary/aromatic N) is 1. The molecule has 0 saturated carbocycles. The van der Waals surface area contributed by atoms with E-state index in [1.807, 2.05) is 19.1 Å². The average Bonchev–Trinajstić information content (AvgIpc) is 3.07. The molecule has 1 fully saturated rings. The SMILES string of the molecule is CCN1C[C@H](Oc2cccc(C(=N)N)c2)C[C@H]1C(=O)Nc1ccc(Cl)cc1. The molecule has 2 aromatic rings. The summed E-state index contributed by atoms with van der Waals surface area (Å²) < 4.78 is 6.05. The quantitative estimate of drug-likeness (QED) is 0.525. The largest absolute Gasteiger partial charge is 0.489 e. The number of carbonyl (C=O) groups excluding carboxylic acids is 1. The molecule has 6 nitrogen and oxygen atoms in total. The molecular formula is C20H23ClN4O2. The van der Waals surface area contributed by atoms with Crippen LogP contribution in [0.5, 0.6) is 5.75 Å². The van der Waals surface area contributed by atoms with Crippen LogP contribution < -0.4 is 15.8 Å². The van der Waals surface area contributed by atoms with Crippen LogP contribution in [0, 0.1) is 5.41 Å². The minimum absolute atomic E-state index is 0.00211. The number of nitrogens with one attached hydrogen (secondary N) is 2. The Labute approximate surface area is 163 Å². The minimum Gasteiger partial charge on any atom is -0.489 e. The van der Waals surface area contributed by atoms with E-state index in [4.69, 9.17) is 27.5 Å². The second kappa shape index (κ2) is 8.41. The number of carbonyl (C=O) groups is 1. The van der Waals surface area contributed by atoms with Crippen LogP contribution in [-0.4, -0.2) is 41.9 Å². The van der Waals surface area contributed by atoms with Crippen molar-refractivity contribution in [2.45, 2.75) is 25.5 Å². The fraction of sp³-hybridized carbons (Fsp3) is 0.300. The highest BCUT2D eigenvalue weighted by Gasteiger charge is 2.37. The molecule has 1 amide bonds. The van der Waals surface area contributed by atoms with Crippen LogP contribution in [0.2, 0.25) is 5.02 Å². The number of amidine groups is 1. The summed E-state index contributed by atoms with van der Waals surface area (Å²) in [4.78, 5) is 14.8. The summed E-state index contributed by atoms with van der Waals surface area (Å²) >= 11 is 5.89. The van der Waals surface area contributed by atoms with Gasteiger partial charge in [0, 0.05) is 29.2 Å². The van der Waals surface area contributed by atoms with E-state index in [1.54, 1.807) is 36.4 Å². The Kier molecular flexibility index (Phi) is 5.98. The fourth-order valence-corrected chi connectivity index (χ4v) is 3.38. The Hall–Kier alpha value is -2.57. The highest BCUT2D eigenvalue weighted by atomic mass is 35.5. The van der Waals surface area contributed by atoms with E-state index in [-0.39, 0.29) is 23.9 Å². The van der Waals surface area contributed by atoms with Crippen LogP contribution in [0.1, 0.15) is 18.9 Å². The van der Waals surface area contributed by atoms with Gasteiger partial charge in [0.15, 0.2) is 0 Å². The van der Waals surface area contributed by atoms with Crippen molar-refractivity contribution in [1.82, 2.24) is 4.90 Å². The van der Waals surface area contributed by atoms with Gasteiger partial charge in [-0.05, 0) is 42.9 Å².